The van der Waals surface area contributed by atoms with Gasteiger partial charge in [-0.3, -0.25) is 9.69 Å². The lowest BCUT2D eigenvalue weighted by molar-refractivity contribution is 0.0983. The molecule has 0 spiro atoms. The van der Waals surface area contributed by atoms with Crippen LogP contribution in [0, 0.1) is 0 Å². The summed E-state index contributed by atoms with van der Waals surface area (Å²) in [6, 6.07) is 5.05. The normalized spacial score (nSPS) is 20.5. The molecule has 1 aromatic carbocycles. The predicted molar refractivity (Wildman–Crippen MR) is 77.1 cm³/mol. The van der Waals surface area contributed by atoms with E-state index in [-0.39, 0.29) is 12.3 Å². The van der Waals surface area contributed by atoms with Crippen LogP contribution in [0.4, 0.5) is 10.5 Å². The molecule has 2 aliphatic heterocycles. The number of Topliss-reactive ketones (excluding diaryl/α,β-unsaturated/α-hetero) is 1. The van der Waals surface area contributed by atoms with E-state index in [1.807, 2.05) is 0 Å². The third-order valence-corrected chi connectivity index (χ3v) is 3.61. The average molecular weight is 302 g/mol. The molecule has 1 fully saturated rings. The van der Waals surface area contributed by atoms with Crippen LogP contribution < -0.4 is 9.64 Å². The van der Waals surface area contributed by atoms with E-state index in [9.17, 15) is 9.59 Å². The largest absolute Gasteiger partial charge is 0.493 e. The zero-order valence-electron chi connectivity index (χ0n) is 11.8. The minimum absolute atomic E-state index is 0.0456. The second-order valence-corrected chi connectivity index (χ2v) is 5.09. The first-order chi connectivity index (χ1) is 10.7. The summed E-state index contributed by atoms with van der Waals surface area (Å²) in [5.74, 6) is 0.538. The van der Waals surface area contributed by atoms with E-state index >= 15 is 0 Å². The molecule has 1 saturated heterocycles. The van der Waals surface area contributed by atoms with Gasteiger partial charge in [-0.1, -0.05) is 5.11 Å². The number of carbonyl (C=O) groups is 2. The Morgan fingerprint density at radius 2 is 2.27 bits per heavy atom. The molecule has 0 radical (unpaired) electrons. The highest BCUT2D eigenvalue weighted by molar-refractivity contribution is 6.00. The summed E-state index contributed by atoms with van der Waals surface area (Å²) in [6.45, 7) is 0.870. The van der Waals surface area contributed by atoms with Gasteiger partial charge >= 0.3 is 6.09 Å². The van der Waals surface area contributed by atoms with Crippen LogP contribution in [0.1, 0.15) is 23.2 Å². The standard InChI is InChI=1S/C14H14N4O4/c15-17-16-7-10-8-18(14(20)22-10)9-3-4-11-12(19)2-1-5-21-13(11)6-9/h3-4,6,10H,1-2,5,7-8H2. The Morgan fingerprint density at radius 3 is 3.09 bits per heavy atom. The summed E-state index contributed by atoms with van der Waals surface area (Å²) in [4.78, 5) is 27.9. The summed E-state index contributed by atoms with van der Waals surface area (Å²) in [5.41, 5.74) is 9.46. The molecule has 114 valence electrons. The monoisotopic (exact) mass is 302 g/mol. The second kappa shape index (κ2) is 5.95. The van der Waals surface area contributed by atoms with Gasteiger partial charge in [-0.05, 0) is 24.1 Å². The summed E-state index contributed by atoms with van der Waals surface area (Å²) in [5, 5.41) is 3.42. The lowest BCUT2D eigenvalue weighted by Crippen LogP contribution is -2.25. The second-order valence-electron chi connectivity index (χ2n) is 5.09. The number of amides is 1. The zero-order valence-corrected chi connectivity index (χ0v) is 11.8. The molecule has 0 saturated carbocycles. The highest BCUT2D eigenvalue weighted by atomic mass is 16.6. The molecular weight excluding hydrogens is 288 g/mol. The van der Waals surface area contributed by atoms with Gasteiger partial charge in [0.25, 0.3) is 0 Å². The van der Waals surface area contributed by atoms with Gasteiger partial charge in [0.1, 0.15) is 11.9 Å². The molecule has 8 nitrogen and oxygen atoms in total. The van der Waals surface area contributed by atoms with E-state index in [0.29, 0.717) is 43.0 Å². The van der Waals surface area contributed by atoms with Crippen molar-refractivity contribution in [2.75, 3.05) is 24.6 Å². The Bertz CT molecular complexity index is 669. The summed E-state index contributed by atoms with van der Waals surface area (Å²) >= 11 is 0. The summed E-state index contributed by atoms with van der Waals surface area (Å²) in [7, 11) is 0. The minimum atomic E-state index is -0.502. The van der Waals surface area contributed by atoms with Gasteiger partial charge in [0.05, 0.1) is 30.9 Å². The Hall–Kier alpha value is -2.73. The van der Waals surface area contributed by atoms with Crippen molar-refractivity contribution >= 4 is 17.6 Å². The van der Waals surface area contributed by atoms with Gasteiger partial charge in [-0.2, -0.15) is 0 Å². The lowest BCUT2D eigenvalue weighted by atomic mass is 10.1. The number of nitrogens with zero attached hydrogens (tertiary/aromatic N) is 4. The molecule has 1 aromatic rings. The van der Waals surface area contributed by atoms with E-state index in [1.54, 1.807) is 18.2 Å². The number of hydrogen-bond donors (Lipinski definition) is 0. The first kappa shape index (κ1) is 14.2. The van der Waals surface area contributed by atoms with E-state index in [4.69, 9.17) is 15.0 Å². The third-order valence-electron chi connectivity index (χ3n) is 3.61. The number of rotatable bonds is 3. The number of anilines is 1. The van der Waals surface area contributed by atoms with Crippen molar-refractivity contribution in [3.05, 3.63) is 34.2 Å². The van der Waals surface area contributed by atoms with Gasteiger partial charge in [0, 0.05) is 17.4 Å². The molecule has 1 unspecified atom stereocenters. The van der Waals surface area contributed by atoms with Crippen LogP contribution in [0.5, 0.6) is 5.75 Å². The van der Waals surface area contributed by atoms with E-state index < -0.39 is 12.2 Å². The fourth-order valence-electron chi connectivity index (χ4n) is 2.53. The van der Waals surface area contributed by atoms with E-state index in [2.05, 4.69) is 10.0 Å². The number of hydrogen-bond acceptors (Lipinski definition) is 5. The van der Waals surface area contributed by atoms with Gasteiger partial charge in [-0.15, -0.1) is 0 Å². The van der Waals surface area contributed by atoms with Crippen molar-refractivity contribution in [3.63, 3.8) is 0 Å². The van der Waals surface area contributed by atoms with Crippen LogP contribution >= 0.6 is 0 Å². The highest BCUT2D eigenvalue weighted by Gasteiger charge is 2.32. The van der Waals surface area contributed by atoms with Crippen LogP contribution in [0.3, 0.4) is 0 Å². The Balaban J connectivity index is 1.83. The van der Waals surface area contributed by atoms with Crippen molar-refractivity contribution < 1.29 is 19.1 Å². The van der Waals surface area contributed by atoms with Crippen molar-refractivity contribution in [1.82, 2.24) is 0 Å². The van der Waals surface area contributed by atoms with Gasteiger partial charge in [-0.25, -0.2) is 4.79 Å². The zero-order chi connectivity index (χ0) is 15.5. The summed E-state index contributed by atoms with van der Waals surface area (Å²) < 4.78 is 10.7. The third kappa shape index (κ3) is 2.68. The van der Waals surface area contributed by atoms with Crippen molar-refractivity contribution in [1.29, 1.82) is 0 Å². The Morgan fingerprint density at radius 1 is 1.41 bits per heavy atom. The fourth-order valence-corrected chi connectivity index (χ4v) is 2.53. The SMILES string of the molecule is [N-]=[N+]=NCC1CN(c2ccc3c(c2)OCCCC3=O)C(=O)O1. The molecule has 3 rings (SSSR count). The number of ether oxygens (including phenoxy) is 2. The number of cyclic esters (lactones) is 1. The molecule has 1 atom stereocenters. The van der Waals surface area contributed by atoms with Crippen LogP contribution in [0.2, 0.25) is 0 Å². The number of benzene rings is 1. The van der Waals surface area contributed by atoms with Crippen LogP contribution in [-0.2, 0) is 4.74 Å². The van der Waals surface area contributed by atoms with Gasteiger partial charge in [0.2, 0.25) is 0 Å². The quantitative estimate of drug-likeness (QED) is 0.486. The molecule has 0 N–H and O–H groups in total. The smallest absolute Gasteiger partial charge is 0.414 e. The molecule has 2 aliphatic rings. The topological polar surface area (TPSA) is 105 Å². The molecule has 2 heterocycles. The number of carbonyl (C=O) groups excluding carboxylic acids is 2. The molecular formula is C14H14N4O4. The number of azide groups is 1. The van der Waals surface area contributed by atoms with E-state index in [0.717, 1.165) is 0 Å². The fraction of sp³-hybridized carbons (Fsp3) is 0.429. The minimum Gasteiger partial charge on any atom is -0.493 e. The van der Waals surface area contributed by atoms with Gasteiger partial charge in [0.15, 0.2) is 5.78 Å². The van der Waals surface area contributed by atoms with Gasteiger partial charge < -0.3 is 9.47 Å². The maximum atomic E-state index is 11.9. The molecule has 0 aromatic heterocycles. The lowest BCUT2D eigenvalue weighted by Gasteiger charge is -2.15. The first-order valence-corrected chi connectivity index (χ1v) is 6.98. The predicted octanol–water partition coefficient (Wildman–Crippen LogP) is 2.68. The van der Waals surface area contributed by atoms with E-state index in [1.165, 1.54) is 4.90 Å². The first-order valence-electron chi connectivity index (χ1n) is 6.98. The highest BCUT2D eigenvalue weighted by Crippen LogP contribution is 2.31. The molecule has 0 aliphatic carbocycles. The van der Waals surface area contributed by atoms with Crippen LogP contribution in [-0.4, -0.2) is 37.7 Å². The van der Waals surface area contributed by atoms with Crippen LogP contribution in [0.25, 0.3) is 10.4 Å². The van der Waals surface area contributed by atoms with Crippen molar-refractivity contribution in [2.24, 2.45) is 5.11 Å². The Labute approximate surface area is 126 Å². The molecule has 8 heteroatoms. The summed E-state index contributed by atoms with van der Waals surface area (Å²) in [6.07, 6.45) is 0.178. The maximum Gasteiger partial charge on any atom is 0.414 e. The maximum absolute atomic E-state index is 11.9. The molecule has 1 amide bonds. The average Bonchev–Trinajstić information content (AvgIpc) is 2.79. The van der Waals surface area contributed by atoms with Crippen LogP contribution in [0.15, 0.2) is 23.3 Å². The molecule has 0 bridgehead atoms. The van der Waals surface area contributed by atoms with Crippen molar-refractivity contribution in [2.45, 2.75) is 18.9 Å². The molecule has 22 heavy (non-hydrogen) atoms. The number of ketones is 1. The Kier molecular flexibility index (Phi) is 3.84. The number of fused-ring (bicyclic) bond motifs is 1. The van der Waals surface area contributed by atoms with Crippen molar-refractivity contribution in [3.8, 4) is 5.75 Å².